The van der Waals surface area contributed by atoms with Gasteiger partial charge in [0.05, 0.1) is 10.6 Å². The van der Waals surface area contributed by atoms with Crippen molar-refractivity contribution >= 4 is 33.4 Å². The van der Waals surface area contributed by atoms with Crippen molar-refractivity contribution in [3.63, 3.8) is 0 Å². The number of halogens is 2. The highest BCUT2D eigenvalue weighted by Gasteiger charge is 2.13. The molecule has 0 aromatic heterocycles. The number of rotatable bonds is 3. The molecule has 0 aliphatic heterocycles. The fraction of sp³-hybridized carbons (Fsp3) is 0.133. The van der Waals surface area contributed by atoms with E-state index in [9.17, 15) is 4.79 Å². The van der Waals surface area contributed by atoms with Crippen LogP contribution in [0, 0.1) is 6.92 Å². The van der Waals surface area contributed by atoms with Crippen LogP contribution < -0.4 is 5.32 Å². The van der Waals surface area contributed by atoms with Crippen LogP contribution in [0.2, 0.25) is 5.02 Å². The molecule has 0 heterocycles. The zero-order valence-electron chi connectivity index (χ0n) is 10.4. The van der Waals surface area contributed by atoms with Crippen LogP contribution in [0.15, 0.2) is 46.9 Å². The molecule has 0 saturated carbocycles. The average Bonchev–Trinajstić information content (AvgIpc) is 2.38. The summed E-state index contributed by atoms with van der Waals surface area (Å²) in [6.07, 6.45) is 0. The molecule has 1 N–H and O–H groups in total. The van der Waals surface area contributed by atoms with Gasteiger partial charge < -0.3 is 5.32 Å². The first-order chi connectivity index (χ1) is 9.08. The fourth-order valence-corrected chi connectivity index (χ4v) is 2.61. The quantitative estimate of drug-likeness (QED) is 0.886. The van der Waals surface area contributed by atoms with Crippen LogP contribution in [0.4, 0.5) is 0 Å². The van der Waals surface area contributed by atoms with Crippen molar-refractivity contribution in [2.75, 3.05) is 0 Å². The summed E-state index contributed by atoms with van der Waals surface area (Å²) >= 11 is 9.37. The Morgan fingerprint density at radius 1 is 1.21 bits per heavy atom. The Balaban J connectivity index is 2.07. The molecule has 0 saturated heterocycles. The Morgan fingerprint density at radius 2 is 1.89 bits per heavy atom. The minimum absolute atomic E-state index is 0.182. The minimum atomic E-state index is -0.182. The van der Waals surface area contributed by atoms with Crippen LogP contribution in [0.25, 0.3) is 0 Å². The van der Waals surface area contributed by atoms with Gasteiger partial charge in [0, 0.05) is 11.0 Å². The molecule has 98 valence electrons. The van der Waals surface area contributed by atoms with Gasteiger partial charge in [-0.1, -0.05) is 47.5 Å². The van der Waals surface area contributed by atoms with Gasteiger partial charge in [-0.2, -0.15) is 0 Å². The SMILES string of the molecule is Cc1ccc(CNC(=O)c2c(Cl)cccc2Br)cc1. The minimum Gasteiger partial charge on any atom is -0.348 e. The maximum atomic E-state index is 12.1. The molecule has 0 unspecified atom stereocenters. The monoisotopic (exact) mass is 337 g/mol. The lowest BCUT2D eigenvalue weighted by molar-refractivity contribution is 0.0950. The topological polar surface area (TPSA) is 29.1 Å². The highest BCUT2D eigenvalue weighted by atomic mass is 79.9. The number of amides is 1. The summed E-state index contributed by atoms with van der Waals surface area (Å²) in [5, 5.41) is 3.30. The predicted octanol–water partition coefficient (Wildman–Crippen LogP) is 4.34. The molecule has 1 amide bonds. The van der Waals surface area contributed by atoms with Crippen LogP contribution in [0.5, 0.6) is 0 Å². The highest BCUT2D eigenvalue weighted by molar-refractivity contribution is 9.10. The van der Waals surface area contributed by atoms with E-state index in [2.05, 4.69) is 21.2 Å². The molecule has 0 radical (unpaired) electrons. The van der Waals surface area contributed by atoms with Gasteiger partial charge in [-0.05, 0) is 40.5 Å². The molecular weight excluding hydrogens is 326 g/mol. The van der Waals surface area contributed by atoms with E-state index in [1.54, 1.807) is 18.2 Å². The molecule has 2 aromatic carbocycles. The van der Waals surface area contributed by atoms with Crippen LogP contribution >= 0.6 is 27.5 Å². The Bertz CT molecular complexity index is 575. The first kappa shape index (κ1) is 14.1. The lowest BCUT2D eigenvalue weighted by atomic mass is 10.1. The van der Waals surface area contributed by atoms with Crippen molar-refractivity contribution in [3.05, 3.63) is 68.7 Å². The largest absolute Gasteiger partial charge is 0.348 e. The summed E-state index contributed by atoms with van der Waals surface area (Å²) in [4.78, 5) is 12.1. The first-order valence-corrected chi connectivity index (χ1v) is 7.03. The predicted molar refractivity (Wildman–Crippen MR) is 81.5 cm³/mol. The van der Waals surface area contributed by atoms with Crippen molar-refractivity contribution in [2.45, 2.75) is 13.5 Å². The zero-order valence-corrected chi connectivity index (χ0v) is 12.8. The van der Waals surface area contributed by atoms with E-state index in [4.69, 9.17) is 11.6 Å². The third-order valence-electron chi connectivity index (χ3n) is 2.76. The molecule has 2 rings (SSSR count). The van der Waals surface area contributed by atoms with Crippen LogP contribution in [-0.2, 0) is 6.54 Å². The van der Waals surface area contributed by atoms with Gasteiger partial charge in [0.2, 0.25) is 0 Å². The number of hydrogen-bond acceptors (Lipinski definition) is 1. The molecule has 2 nitrogen and oxygen atoms in total. The van der Waals surface area contributed by atoms with E-state index in [1.165, 1.54) is 5.56 Å². The Hall–Kier alpha value is -1.32. The molecule has 0 aliphatic rings. The zero-order chi connectivity index (χ0) is 13.8. The van der Waals surface area contributed by atoms with Gasteiger partial charge in [0.15, 0.2) is 0 Å². The molecule has 0 fully saturated rings. The molecule has 0 atom stereocenters. The Kier molecular flexibility index (Phi) is 4.61. The molecular formula is C15H13BrClNO. The van der Waals surface area contributed by atoms with E-state index < -0.39 is 0 Å². The maximum absolute atomic E-state index is 12.1. The fourth-order valence-electron chi connectivity index (χ4n) is 1.69. The third kappa shape index (κ3) is 3.58. The van der Waals surface area contributed by atoms with Gasteiger partial charge in [0.1, 0.15) is 0 Å². The van der Waals surface area contributed by atoms with Gasteiger partial charge >= 0.3 is 0 Å². The van der Waals surface area contributed by atoms with Gasteiger partial charge in [-0.15, -0.1) is 0 Å². The van der Waals surface area contributed by atoms with Crippen LogP contribution in [0.1, 0.15) is 21.5 Å². The second-order valence-corrected chi connectivity index (χ2v) is 5.53. The summed E-state index contributed by atoms with van der Waals surface area (Å²) in [6, 6.07) is 13.3. The van der Waals surface area contributed by atoms with Gasteiger partial charge in [0.25, 0.3) is 5.91 Å². The summed E-state index contributed by atoms with van der Waals surface area (Å²) in [5.74, 6) is -0.182. The molecule has 0 bridgehead atoms. The van der Waals surface area contributed by atoms with E-state index >= 15 is 0 Å². The van der Waals surface area contributed by atoms with Crippen molar-refractivity contribution in [1.29, 1.82) is 0 Å². The Labute approximate surface area is 125 Å². The number of aryl methyl sites for hydroxylation is 1. The molecule has 2 aromatic rings. The number of carbonyl (C=O) groups is 1. The molecule has 0 aliphatic carbocycles. The van der Waals surface area contributed by atoms with Crippen LogP contribution in [-0.4, -0.2) is 5.91 Å². The first-order valence-electron chi connectivity index (χ1n) is 5.85. The maximum Gasteiger partial charge on any atom is 0.254 e. The van der Waals surface area contributed by atoms with Crippen molar-refractivity contribution in [2.24, 2.45) is 0 Å². The molecule has 19 heavy (non-hydrogen) atoms. The molecule has 4 heteroatoms. The van der Waals surface area contributed by atoms with E-state index in [0.717, 1.165) is 5.56 Å². The summed E-state index contributed by atoms with van der Waals surface area (Å²) < 4.78 is 0.696. The lowest BCUT2D eigenvalue weighted by Crippen LogP contribution is -2.23. The van der Waals surface area contributed by atoms with E-state index in [0.29, 0.717) is 21.6 Å². The normalized spacial score (nSPS) is 10.3. The van der Waals surface area contributed by atoms with E-state index in [1.807, 2.05) is 31.2 Å². The van der Waals surface area contributed by atoms with Crippen molar-refractivity contribution in [3.8, 4) is 0 Å². The summed E-state index contributed by atoms with van der Waals surface area (Å²) in [6.45, 7) is 2.51. The average molecular weight is 339 g/mol. The van der Waals surface area contributed by atoms with Gasteiger partial charge in [-0.3, -0.25) is 4.79 Å². The molecule has 0 spiro atoms. The van der Waals surface area contributed by atoms with E-state index in [-0.39, 0.29) is 5.91 Å². The second-order valence-electron chi connectivity index (χ2n) is 4.26. The lowest BCUT2D eigenvalue weighted by Gasteiger charge is -2.08. The third-order valence-corrected chi connectivity index (χ3v) is 3.74. The smallest absolute Gasteiger partial charge is 0.254 e. The number of hydrogen-bond donors (Lipinski definition) is 1. The van der Waals surface area contributed by atoms with Crippen LogP contribution in [0.3, 0.4) is 0 Å². The Morgan fingerprint density at radius 3 is 2.53 bits per heavy atom. The van der Waals surface area contributed by atoms with Crippen molar-refractivity contribution in [1.82, 2.24) is 5.32 Å². The second kappa shape index (κ2) is 6.22. The summed E-state index contributed by atoms with van der Waals surface area (Å²) in [7, 11) is 0. The summed E-state index contributed by atoms with van der Waals surface area (Å²) in [5.41, 5.74) is 2.72. The highest BCUT2D eigenvalue weighted by Crippen LogP contribution is 2.24. The van der Waals surface area contributed by atoms with Gasteiger partial charge in [-0.25, -0.2) is 0 Å². The number of nitrogens with one attached hydrogen (secondary N) is 1. The number of carbonyl (C=O) groups excluding carboxylic acids is 1. The standard InChI is InChI=1S/C15H13BrClNO/c1-10-5-7-11(8-6-10)9-18-15(19)14-12(16)3-2-4-13(14)17/h2-8H,9H2,1H3,(H,18,19). The number of benzene rings is 2. The van der Waals surface area contributed by atoms with Crippen molar-refractivity contribution < 1.29 is 4.79 Å².